The number of carboxylic acid groups (broad SMARTS) is 1. The van der Waals surface area contributed by atoms with Gasteiger partial charge in [0.1, 0.15) is 5.92 Å². The maximum absolute atomic E-state index is 12.3. The highest BCUT2D eigenvalue weighted by Crippen LogP contribution is 2.29. The Balaban J connectivity index is 2.59. The number of nitrogens with zero attached hydrogens (tertiary/aromatic N) is 1. The molecule has 6 heteroatoms. The van der Waals surface area contributed by atoms with Crippen LogP contribution in [0.2, 0.25) is 5.02 Å². The Morgan fingerprint density at radius 1 is 1.12 bits per heavy atom. The molecule has 0 bridgehead atoms. The van der Waals surface area contributed by atoms with Crippen LogP contribution in [0.25, 0.3) is 0 Å². The molecule has 1 atom stereocenters. The van der Waals surface area contributed by atoms with Crippen LogP contribution >= 0.6 is 11.6 Å². The summed E-state index contributed by atoms with van der Waals surface area (Å²) < 4.78 is 4.84. The molecule has 0 amide bonds. The SMILES string of the molecule is COC(=O)C(C(C)=Nc1ccccc1)c1cccc(Cl)c1C(=O)O. The fraction of sp³-hybridized carbons (Fsp3) is 0.167. The van der Waals surface area contributed by atoms with Gasteiger partial charge in [-0.25, -0.2) is 4.79 Å². The second-order valence-corrected chi connectivity index (χ2v) is 5.46. The number of aliphatic imine (C=N–C) groups is 1. The largest absolute Gasteiger partial charge is 0.478 e. The zero-order chi connectivity index (χ0) is 17.7. The van der Waals surface area contributed by atoms with E-state index in [0.717, 1.165) is 0 Å². The molecule has 2 aromatic carbocycles. The minimum absolute atomic E-state index is 0.0569. The van der Waals surface area contributed by atoms with Gasteiger partial charge in [-0.15, -0.1) is 0 Å². The maximum atomic E-state index is 12.3. The molecule has 124 valence electrons. The lowest BCUT2D eigenvalue weighted by molar-refractivity contribution is -0.140. The number of methoxy groups -OCH3 is 1. The first-order chi connectivity index (χ1) is 11.5. The molecule has 0 fully saturated rings. The monoisotopic (exact) mass is 345 g/mol. The van der Waals surface area contributed by atoms with Crippen LogP contribution in [0.15, 0.2) is 53.5 Å². The van der Waals surface area contributed by atoms with Crippen LogP contribution in [0.1, 0.15) is 28.8 Å². The molecule has 0 aliphatic carbocycles. The number of hydrogen-bond acceptors (Lipinski definition) is 4. The lowest BCUT2D eigenvalue weighted by atomic mass is 9.90. The van der Waals surface area contributed by atoms with Gasteiger partial charge in [0.05, 0.1) is 23.4 Å². The zero-order valence-corrected chi connectivity index (χ0v) is 13.9. The lowest BCUT2D eigenvalue weighted by Crippen LogP contribution is -2.24. The predicted molar refractivity (Wildman–Crippen MR) is 92.4 cm³/mol. The normalized spacial score (nSPS) is 12.5. The summed E-state index contributed by atoms with van der Waals surface area (Å²) in [5.74, 6) is -2.77. The third kappa shape index (κ3) is 3.81. The first-order valence-electron chi connectivity index (χ1n) is 7.15. The fourth-order valence-corrected chi connectivity index (χ4v) is 2.68. The zero-order valence-electron chi connectivity index (χ0n) is 13.2. The number of ether oxygens (including phenoxy) is 1. The van der Waals surface area contributed by atoms with Gasteiger partial charge in [0, 0.05) is 5.71 Å². The van der Waals surface area contributed by atoms with E-state index in [1.807, 2.05) is 18.2 Å². The van der Waals surface area contributed by atoms with Crippen molar-refractivity contribution < 1.29 is 19.4 Å². The number of carbonyl (C=O) groups is 2. The quantitative estimate of drug-likeness (QED) is 0.654. The number of halogens is 1. The second kappa shape index (κ2) is 7.75. The standard InChI is InChI=1S/C18H16ClNO4/c1-11(20-12-7-4-3-5-8-12)15(18(23)24-2)13-9-6-10-14(19)16(13)17(21)22/h3-10,15H,1-2H3,(H,21,22). The van der Waals surface area contributed by atoms with E-state index in [9.17, 15) is 14.7 Å². The van der Waals surface area contributed by atoms with E-state index < -0.39 is 17.9 Å². The smallest absolute Gasteiger partial charge is 0.337 e. The second-order valence-electron chi connectivity index (χ2n) is 5.05. The lowest BCUT2D eigenvalue weighted by Gasteiger charge is -2.18. The van der Waals surface area contributed by atoms with Crippen molar-refractivity contribution in [1.29, 1.82) is 0 Å². The van der Waals surface area contributed by atoms with Crippen LogP contribution in [0, 0.1) is 0 Å². The molecular weight excluding hydrogens is 330 g/mol. The van der Waals surface area contributed by atoms with Crippen LogP contribution in [-0.2, 0) is 9.53 Å². The van der Waals surface area contributed by atoms with Crippen molar-refractivity contribution in [1.82, 2.24) is 0 Å². The van der Waals surface area contributed by atoms with Crippen LogP contribution in [0.4, 0.5) is 5.69 Å². The van der Waals surface area contributed by atoms with Gasteiger partial charge in [0.15, 0.2) is 0 Å². The molecule has 0 aliphatic rings. The molecule has 1 unspecified atom stereocenters. The summed E-state index contributed by atoms with van der Waals surface area (Å²) in [4.78, 5) is 28.3. The Kier molecular flexibility index (Phi) is 5.71. The number of esters is 1. The molecule has 24 heavy (non-hydrogen) atoms. The van der Waals surface area contributed by atoms with Crippen molar-refractivity contribution in [2.24, 2.45) is 4.99 Å². The van der Waals surface area contributed by atoms with E-state index in [-0.39, 0.29) is 16.1 Å². The van der Waals surface area contributed by atoms with E-state index in [2.05, 4.69) is 4.99 Å². The number of aromatic carboxylic acids is 1. The van der Waals surface area contributed by atoms with E-state index in [1.54, 1.807) is 31.2 Å². The summed E-state index contributed by atoms with van der Waals surface area (Å²) in [5.41, 5.74) is 1.19. The Labute approximate surface area is 144 Å². The number of benzene rings is 2. The van der Waals surface area contributed by atoms with Crippen molar-refractivity contribution in [3.63, 3.8) is 0 Å². The summed E-state index contributed by atoms with van der Waals surface area (Å²) >= 11 is 6.01. The Morgan fingerprint density at radius 3 is 2.38 bits per heavy atom. The molecule has 0 radical (unpaired) electrons. The van der Waals surface area contributed by atoms with E-state index in [0.29, 0.717) is 11.4 Å². The van der Waals surface area contributed by atoms with E-state index in [4.69, 9.17) is 16.3 Å². The first kappa shape index (κ1) is 17.7. The third-order valence-electron chi connectivity index (χ3n) is 3.49. The molecule has 0 aromatic heterocycles. The molecule has 1 N–H and O–H groups in total. The summed E-state index contributed by atoms with van der Waals surface area (Å²) in [5, 5.41) is 9.50. The van der Waals surface area contributed by atoms with Crippen molar-refractivity contribution in [3.8, 4) is 0 Å². The Bertz CT molecular complexity index is 787. The van der Waals surface area contributed by atoms with Crippen LogP contribution in [0.3, 0.4) is 0 Å². The third-order valence-corrected chi connectivity index (χ3v) is 3.80. The van der Waals surface area contributed by atoms with Gasteiger partial charge < -0.3 is 9.84 Å². The summed E-state index contributed by atoms with van der Waals surface area (Å²) in [7, 11) is 1.25. The highest BCUT2D eigenvalue weighted by atomic mass is 35.5. The molecular formula is C18H16ClNO4. The molecule has 5 nitrogen and oxygen atoms in total. The Morgan fingerprint density at radius 2 is 1.79 bits per heavy atom. The highest BCUT2D eigenvalue weighted by Gasteiger charge is 2.30. The van der Waals surface area contributed by atoms with Crippen molar-refractivity contribution in [2.45, 2.75) is 12.8 Å². The molecule has 2 rings (SSSR count). The number of para-hydroxylation sites is 1. The van der Waals surface area contributed by atoms with Crippen LogP contribution in [-0.4, -0.2) is 29.9 Å². The number of hydrogen-bond donors (Lipinski definition) is 1. The predicted octanol–water partition coefficient (Wildman–Crippen LogP) is 4.09. The first-order valence-corrected chi connectivity index (χ1v) is 7.53. The summed E-state index contributed by atoms with van der Waals surface area (Å²) in [6.07, 6.45) is 0. The topological polar surface area (TPSA) is 76.0 Å². The highest BCUT2D eigenvalue weighted by molar-refractivity contribution is 6.34. The van der Waals surface area contributed by atoms with E-state index in [1.165, 1.54) is 13.2 Å². The Hall–Kier alpha value is -2.66. The van der Waals surface area contributed by atoms with Crippen molar-refractivity contribution >= 4 is 34.9 Å². The summed E-state index contributed by atoms with van der Waals surface area (Å²) in [6, 6.07) is 13.7. The van der Waals surface area contributed by atoms with Crippen molar-refractivity contribution in [2.75, 3.05) is 7.11 Å². The molecule has 0 saturated heterocycles. The van der Waals surface area contributed by atoms with Crippen LogP contribution in [0.5, 0.6) is 0 Å². The van der Waals surface area contributed by atoms with Gasteiger partial charge in [0.25, 0.3) is 0 Å². The molecule has 0 heterocycles. The van der Waals surface area contributed by atoms with Crippen LogP contribution < -0.4 is 0 Å². The molecule has 0 spiro atoms. The fourth-order valence-electron chi connectivity index (χ4n) is 2.42. The van der Waals surface area contributed by atoms with Gasteiger partial charge in [-0.3, -0.25) is 9.79 Å². The van der Waals surface area contributed by atoms with Gasteiger partial charge in [-0.05, 0) is 30.7 Å². The van der Waals surface area contributed by atoms with Gasteiger partial charge in [0.2, 0.25) is 0 Å². The average Bonchev–Trinajstić information content (AvgIpc) is 2.55. The minimum Gasteiger partial charge on any atom is -0.478 e. The van der Waals surface area contributed by atoms with Gasteiger partial charge >= 0.3 is 11.9 Å². The van der Waals surface area contributed by atoms with Gasteiger partial charge in [-0.1, -0.05) is 41.9 Å². The summed E-state index contributed by atoms with van der Waals surface area (Å²) in [6.45, 7) is 1.65. The maximum Gasteiger partial charge on any atom is 0.337 e. The number of rotatable bonds is 5. The molecule has 0 aliphatic heterocycles. The van der Waals surface area contributed by atoms with E-state index >= 15 is 0 Å². The van der Waals surface area contributed by atoms with Gasteiger partial charge in [-0.2, -0.15) is 0 Å². The minimum atomic E-state index is -1.21. The number of carbonyl (C=O) groups excluding carboxylic acids is 1. The van der Waals surface area contributed by atoms with Crippen molar-refractivity contribution in [3.05, 3.63) is 64.7 Å². The average molecular weight is 346 g/mol. The number of carboxylic acids is 1. The molecule has 0 saturated carbocycles. The molecule has 2 aromatic rings.